The molecule has 0 bridgehead atoms. The van der Waals surface area contributed by atoms with Crippen LogP contribution in [0.25, 0.3) is 0 Å². The Morgan fingerprint density at radius 1 is 1.05 bits per heavy atom. The molecule has 0 radical (unpaired) electrons. The highest BCUT2D eigenvalue weighted by Crippen LogP contribution is 2.25. The van der Waals surface area contributed by atoms with Gasteiger partial charge in [-0.25, -0.2) is 0 Å². The lowest BCUT2D eigenvalue weighted by molar-refractivity contribution is -0.385. The van der Waals surface area contributed by atoms with Gasteiger partial charge in [0.1, 0.15) is 12.4 Å². The van der Waals surface area contributed by atoms with Crippen LogP contribution in [0.1, 0.15) is 22.3 Å². The minimum Gasteiger partial charge on any atom is -0.488 e. The van der Waals surface area contributed by atoms with Crippen molar-refractivity contribution in [1.29, 1.82) is 0 Å². The Morgan fingerprint density at radius 3 is 2.40 bits per heavy atom. The number of aryl methyl sites for hydroxylation is 3. The van der Waals surface area contributed by atoms with Crippen LogP contribution < -0.4 is 4.74 Å². The molecule has 0 aliphatic carbocycles. The van der Waals surface area contributed by atoms with E-state index in [1.54, 1.807) is 18.2 Å². The molecule has 4 nitrogen and oxygen atoms in total. The number of ether oxygens (including phenoxy) is 1. The van der Waals surface area contributed by atoms with E-state index in [0.29, 0.717) is 5.56 Å². The molecule has 2 aromatic rings. The number of nitro groups is 1. The van der Waals surface area contributed by atoms with Crippen LogP contribution in [0.4, 0.5) is 5.69 Å². The molecule has 0 aromatic heterocycles. The first-order valence-electron chi connectivity index (χ1n) is 6.42. The van der Waals surface area contributed by atoms with Crippen molar-refractivity contribution in [2.75, 3.05) is 0 Å². The lowest BCUT2D eigenvalue weighted by Crippen LogP contribution is -2.01. The van der Waals surface area contributed by atoms with E-state index < -0.39 is 0 Å². The first-order valence-corrected chi connectivity index (χ1v) is 6.42. The van der Waals surface area contributed by atoms with Crippen molar-refractivity contribution in [2.24, 2.45) is 0 Å². The van der Waals surface area contributed by atoms with Crippen molar-refractivity contribution in [3.8, 4) is 5.75 Å². The number of para-hydroxylation sites is 1. The number of hydrogen-bond donors (Lipinski definition) is 0. The smallest absolute Gasteiger partial charge is 0.276 e. The lowest BCUT2D eigenvalue weighted by Gasteiger charge is -2.12. The van der Waals surface area contributed by atoms with Crippen molar-refractivity contribution in [1.82, 2.24) is 0 Å². The van der Waals surface area contributed by atoms with Crippen LogP contribution in [0.5, 0.6) is 5.75 Å². The third-order valence-corrected chi connectivity index (χ3v) is 3.36. The average molecular weight is 271 g/mol. The molecule has 104 valence electrons. The Balaban J connectivity index is 2.21. The van der Waals surface area contributed by atoms with E-state index >= 15 is 0 Å². The van der Waals surface area contributed by atoms with Gasteiger partial charge in [-0.15, -0.1) is 0 Å². The zero-order chi connectivity index (χ0) is 14.7. The molecule has 20 heavy (non-hydrogen) atoms. The van der Waals surface area contributed by atoms with Gasteiger partial charge in [-0.3, -0.25) is 10.1 Å². The number of hydrogen-bond acceptors (Lipinski definition) is 3. The molecule has 0 heterocycles. The van der Waals surface area contributed by atoms with E-state index in [1.165, 1.54) is 11.6 Å². The molecule has 0 aliphatic heterocycles. The number of rotatable bonds is 4. The summed E-state index contributed by atoms with van der Waals surface area (Å²) in [5, 5.41) is 10.9. The van der Waals surface area contributed by atoms with Gasteiger partial charge in [0.15, 0.2) is 0 Å². The summed E-state index contributed by atoms with van der Waals surface area (Å²) in [5.74, 6) is 0.770. The summed E-state index contributed by atoms with van der Waals surface area (Å²) < 4.78 is 5.75. The summed E-state index contributed by atoms with van der Waals surface area (Å²) in [6.45, 7) is 6.24. The van der Waals surface area contributed by atoms with Gasteiger partial charge < -0.3 is 4.74 Å². The number of nitrogens with zero attached hydrogens (tertiary/aromatic N) is 1. The molecule has 0 spiro atoms. The summed E-state index contributed by atoms with van der Waals surface area (Å²) in [6.07, 6.45) is 0. The Kier molecular flexibility index (Phi) is 4.03. The van der Waals surface area contributed by atoms with Crippen molar-refractivity contribution >= 4 is 5.69 Å². The second-order valence-electron chi connectivity index (χ2n) is 4.88. The Labute approximate surface area is 118 Å². The maximum Gasteiger partial charge on any atom is 0.276 e. The van der Waals surface area contributed by atoms with Crippen LogP contribution in [-0.4, -0.2) is 4.92 Å². The van der Waals surface area contributed by atoms with Gasteiger partial charge in [0, 0.05) is 6.07 Å². The summed E-state index contributed by atoms with van der Waals surface area (Å²) in [5.41, 5.74) is 4.06. The number of nitro benzene ring substituents is 1. The van der Waals surface area contributed by atoms with Gasteiger partial charge in [0.2, 0.25) is 0 Å². The predicted molar refractivity (Wildman–Crippen MR) is 78.1 cm³/mol. The fourth-order valence-electron chi connectivity index (χ4n) is 2.06. The topological polar surface area (TPSA) is 52.4 Å². The summed E-state index contributed by atoms with van der Waals surface area (Å²) in [7, 11) is 0. The third kappa shape index (κ3) is 2.96. The molecule has 0 aliphatic rings. The van der Waals surface area contributed by atoms with Crippen molar-refractivity contribution in [2.45, 2.75) is 27.4 Å². The molecule has 2 aromatic carbocycles. The normalized spacial score (nSPS) is 10.3. The van der Waals surface area contributed by atoms with Crippen LogP contribution in [0, 0.1) is 30.9 Å². The van der Waals surface area contributed by atoms with E-state index in [2.05, 4.69) is 6.07 Å². The van der Waals surface area contributed by atoms with E-state index in [0.717, 1.165) is 16.9 Å². The first-order chi connectivity index (χ1) is 9.49. The number of benzene rings is 2. The highest BCUT2D eigenvalue weighted by molar-refractivity contribution is 5.42. The van der Waals surface area contributed by atoms with Gasteiger partial charge in [-0.2, -0.15) is 0 Å². The molecule has 0 N–H and O–H groups in total. The van der Waals surface area contributed by atoms with Gasteiger partial charge in [0.05, 0.1) is 10.5 Å². The molecule has 0 fully saturated rings. The Hall–Kier alpha value is -2.36. The van der Waals surface area contributed by atoms with Gasteiger partial charge in [-0.1, -0.05) is 18.2 Å². The van der Waals surface area contributed by atoms with Crippen LogP contribution in [-0.2, 0) is 6.61 Å². The predicted octanol–water partition coefficient (Wildman–Crippen LogP) is 4.10. The van der Waals surface area contributed by atoms with Gasteiger partial charge in [0.25, 0.3) is 5.69 Å². The second kappa shape index (κ2) is 5.74. The molecule has 4 heteroatoms. The fourth-order valence-corrected chi connectivity index (χ4v) is 2.06. The minimum absolute atomic E-state index is 0.0917. The standard InChI is InChI=1S/C16H17NO3/c1-11-8-13(3)16(9-12(11)2)20-10-14-6-4-5-7-15(14)17(18)19/h4-9H,10H2,1-3H3. The van der Waals surface area contributed by atoms with E-state index in [9.17, 15) is 10.1 Å². The molecule has 0 saturated carbocycles. The summed E-state index contributed by atoms with van der Waals surface area (Å²) in [4.78, 5) is 10.6. The molecule has 0 saturated heterocycles. The van der Waals surface area contributed by atoms with E-state index in [-0.39, 0.29) is 17.2 Å². The summed E-state index contributed by atoms with van der Waals surface area (Å²) in [6, 6.07) is 10.7. The SMILES string of the molecule is Cc1cc(C)c(OCc2ccccc2[N+](=O)[O-])cc1C. The molecular weight excluding hydrogens is 254 g/mol. The molecular formula is C16H17NO3. The van der Waals surface area contributed by atoms with Crippen molar-refractivity contribution in [3.05, 3.63) is 68.8 Å². The monoisotopic (exact) mass is 271 g/mol. The van der Waals surface area contributed by atoms with Crippen LogP contribution in [0.2, 0.25) is 0 Å². The fraction of sp³-hybridized carbons (Fsp3) is 0.250. The molecule has 0 atom stereocenters. The zero-order valence-electron chi connectivity index (χ0n) is 11.8. The van der Waals surface area contributed by atoms with Gasteiger partial charge >= 0.3 is 0 Å². The maximum absolute atomic E-state index is 10.9. The highest BCUT2D eigenvalue weighted by atomic mass is 16.6. The Bertz CT molecular complexity index is 650. The maximum atomic E-state index is 10.9. The van der Waals surface area contributed by atoms with Crippen molar-refractivity contribution in [3.63, 3.8) is 0 Å². The molecule has 2 rings (SSSR count). The zero-order valence-corrected chi connectivity index (χ0v) is 11.8. The lowest BCUT2D eigenvalue weighted by atomic mass is 10.1. The van der Waals surface area contributed by atoms with Crippen molar-refractivity contribution < 1.29 is 9.66 Å². The minimum atomic E-state index is -0.383. The van der Waals surface area contributed by atoms with Gasteiger partial charge in [-0.05, 0) is 49.6 Å². The first kappa shape index (κ1) is 14.1. The van der Waals surface area contributed by atoms with Crippen LogP contribution >= 0.6 is 0 Å². The molecule has 0 unspecified atom stereocenters. The molecule has 0 amide bonds. The third-order valence-electron chi connectivity index (χ3n) is 3.36. The quantitative estimate of drug-likeness (QED) is 0.621. The van der Waals surface area contributed by atoms with Crippen LogP contribution in [0.3, 0.4) is 0 Å². The Morgan fingerprint density at radius 2 is 1.70 bits per heavy atom. The summed E-state index contributed by atoms with van der Waals surface area (Å²) >= 11 is 0. The van der Waals surface area contributed by atoms with Crippen LogP contribution in [0.15, 0.2) is 36.4 Å². The van der Waals surface area contributed by atoms with E-state index in [4.69, 9.17) is 4.74 Å². The highest BCUT2D eigenvalue weighted by Gasteiger charge is 2.13. The van der Waals surface area contributed by atoms with E-state index in [1.807, 2.05) is 26.8 Å². The second-order valence-corrected chi connectivity index (χ2v) is 4.88. The largest absolute Gasteiger partial charge is 0.488 e. The average Bonchev–Trinajstić information content (AvgIpc) is 2.41.